The van der Waals surface area contributed by atoms with Gasteiger partial charge in [0.15, 0.2) is 6.04 Å². The third-order valence-corrected chi connectivity index (χ3v) is 1.58. The first-order valence-electron chi connectivity index (χ1n) is 3.70. The van der Waals surface area contributed by atoms with Crippen molar-refractivity contribution in [3.8, 4) is 0 Å². The molecule has 0 amide bonds. The molecule has 0 aromatic heterocycles. The van der Waals surface area contributed by atoms with Gasteiger partial charge in [-0.3, -0.25) is 0 Å². The lowest BCUT2D eigenvalue weighted by atomic mass is 10.1. The van der Waals surface area contributed by atoms with E-state index in [4.69, 9.17) is 5.11 Å². The van der Waals surface area contributed by atoms with E-state index in [0.717, 1.165) is 12.1 Å². The fourth-order valence-electron chi connectivity index (χ4n) is 1.00. The summed E-state index contributed by atoms with van der Waals surface area (Å²) >= 11 is 0. The second-order valence-electron chi connectivity index (χ2n) is 2.52. The second-order valence-corrected chi connectivity index (χ2v) is 2.52. The summed E-state index contributed by atoms with van der Waals surface area (Å²) in [4.78, 5) is 23.6. The van der Waals surface area contributed by atoms with Crippen molar-refractivity contribution in [3.05, 3.63) is 35.6 Å². The summed E-state index contributed by atoms with van der Waals surface area (Å²) in [6.07, 6.45) is 1.14. The lowest BCUT2D eigenvalue weighted by molar-refractivity contribution is -0.138. The average molecular weight is 195 g/mol. The number of benzene rings is 1. The zero-order valence-electron chi connectivity index (χ0n) is 6.98. The van der Waals surface area contributed by atoms with Gasteiger partial charge in [0.25, 0.3) is 0 Å². The van der Waals surface area contributed by atoms with Crippen LogP contribution in [0.5, 0.6) is 0 Å². The molecule has 0 aliphatic rings. The molecule has 0 saturated carbocycles. The fraction of sp³-hybridized carbons (Fsp3) is 0.111. The number of hydrogen-bond acceptors (Lipinski definition) is 3. The minimum Gasteiger partial charge on any atom is -0.479 e. The quantitative estimate of drug-likeness (QED) is 0.583. The number of aliphatic imine (C=N–C) groups is 1. The monoisotopic (exact) mass is 195 g/mol. The van der Waals surface area contributed by atoms with E-state index in [2.05, 4.69) is 4.99 Å². The molecule has 0 saturated heterocycles. The Balaban J connectivity index is 3.11. The molecule has 4 nitrogen and oxygen atoms in total. The number of carbonyl (C=O) groups is 1. The number of isocyanates is 1. The lowest BCUT2D eigenvalue weighted by Gasteiger charge is -2.04. The highest BCUT2D eigenvalue weighted by molar-refractivity contribution is 5.76. The van der Waals surface area contributed by atoms with Crippen LogP contribution in [0, 0.1) is 5.82 Å². The number of nitrogens with zero attached hydrogens (tertiary/aromatic N) is 1. The molecule has 0 radical (unpaired) electrons. The molecule has 14 heavy (non-hydrogen) atoms. The third kappa shape index (κ3) is 2.24. The van der Waals surface area contributed by atoms with Crippen molar-refractivity contribution in [2.45, 2.75) is 6.04 Å². The number of hydrogen-bond donors (Lipinski definition) is 1. The maximum Gasteiger partial charge on any atom is 0.334 e. The Labute approximate surface area is 78.7 Å². The van der Waals surface area contributed by atoms with Crippen molar-refractivity contribution in [2.75, 3.05) is 0 Å². The van der Waals surface area contributed by atoms with Crippen molar-refractivity contribution in [1.29, 1.82) is 0 Å². The standard InChI is InChI=1S/C9H6FNO3/c10-7-3-1-2-6(4-7)8(9(13)14)11-5-12/h1-4,8H,(H,13,14). The number of aliphatic carboxylic acids is 1. The van der Waals surface area contributed by atoms with E-state index >= 15 is 0 Å². The molecule has 1 unspecified atom stereocenters. The highest BCUT2D eigenvalue weighted by Crippen LogP contribution is 2.17. The Morgan fingerprint density at radius 2 is 2.29 bits per heavy atom. The van der Waals surface area contributed by atoms with Crippen LogP contribution in [-0.2, 0) is 9.59 Å². The highest BCUT2D eigenvalue weighted by Gasteiger charge is 2.18. The topological polar surface area (TPSA) is 66.7 Å². The zero-order chi connectivity index (χ0) is 10.6. The highest BCUT2D eigenvalue weighted by atomic mass is 19.1. The van der Waals surface area contributed by atoms with Gasteiger partial charge in [0.05, 0.1) is 0 Å². The summed E-state index contributed by atoms with van der Waals surface area (Å²) in [5.74, 6) is -1.89. The number of rotatable bonds is 3. The maximum absolute atomic E-state index is 12.7. The molecule has 1 atom stereocenters. The average Bonchev–Trinajstić information content (AvgIpc) is 2.13. The predicted octanol–water partition coefficient (Wildman–Crippen LogP) is 1.29. The molecule has 5 heteroatoms. The number of carboxylic acid groups (broad SMARTS) is 1. The summed E-state index contributed by atoms with van der Waals surface area (Å²) < 4.78 is 12.7. The Kier molecular flexibility index (Phi) is 3.09. The molecule has 1 aromatic rings. The number of carbonyl (C=O) groups excluding carboxylic acids is 1. The van der Waals surface area contributed by atoms with Gasteiger partial charge in [0, 0.05) is 0 Å². The number of carboxylic acids is 1. The van der Waals surface area contributed by atoms with Gasteiger partial charge in [-0.25, -0.2) is 14.0 Å². The molecule has 0 spiro atoms. The van der Waals surface area contributed by atoms with Gasteiger partial charge in [0.1, 0.15) is 5.82 Å². The van der Waals surface area contributed by atoms with Gasteiger partial charge in [-0.1, -0.05) is 12.1 Å². The maximum atomic E-state index is 12.7. The van der Waals surface area contributed by atoms with Gasteiger partial charge in [-0.2, -0.15) is 4.99 Å². The van der Waals surface area contributed by atoms with Crippen LogP contribution < -0.4 is 0 Å². The smallest absolute Gasteiger partial charge is 0.334 e. The third-order valence-electron chi connectivity index (χ3n) is 1.58. The fourth-order valence-corrected chi connectivity index (χ4v) is 1.00. The molecule has 1 rings (SSSR count). The van der Waals surface area contributed by atoms with Crippen LogP contribution in [-0.4, -0.2) is 17.2 Å². The van der Waals surface area contributed by atoms with Crippen LogP contribution in [0.3, 0.4) is 0 Å². The second kappa shape index (κ2) is 4.30. The van der Waals surface area contributed by atoms with Crippen LogP contribution >= 0.6 is 0 Å². The minimum atomic E-state index is -1.39. The van der Waals surface area contributed by atoms with Gasteiger partial charge >= 0.3 is 5.97 Å². The van der Waals surface area contributed by atoms with Gasteiger partial charge in [0.2, 0.25) is 6.08 Å². The van der Waals surface area contributed by atoms with E-state index in [1.165, 1.54) is 18.2 Å². The molecule has 0 aliphatic heterocycles. The Morgan fingerprint density at radius 3 is 2.79 bits per heavy atom. The molecular weight excluding hydrogens is 189 g/mol. The first kappa shape index (κ1) is 10.1. The van der Waals surface area contributed by atoms with Crippen LogP contribution in [0.15, 0.2) is 29.3 Å². The summed E-state index contributed by atoms with van der Waals surface area (Å²) in [6.45, 7) is 0. The summed E-state index contributed by atoms with van der Waals surface area (Å²) in [5, 5.41) is 8.65. The Morgan fingerprint density at radius 1 is 1.57 bits per heavy atom. The SMILES string of the molecule is O=C=NC(C(=O)O)c1cccc(F)c1. The van der Waals surface area contributed by atoms with Gasteiger partial charge in [-0.15, -0.1) is 0 Å². The molecule has 0 bridgehead atoms. The molecule has 0 heterocycles. The lowest BCUT2D eigenvalue weighted by Crippen LogP contribution is -2.09. The first-order chi connectivity index (χ1) is 6.65. The minimum absolute atomic E-state index is 0.112. The Hall–Kier alpha value is -2.00. The molecule has 1 N–H and O–H groups in total. The summed E-state index contributed by atoms with van der Waals surface area (Å²) in [7, 11) is 0. The predicted molar refractivity (Wildman–Crippen MR) is 44.9 cm³/mol. The number of halogens is 1. The van der Waals surface area contributed by atoms with E-state index < -0.39 is 17.8 Å². The van der Waals surface area contributed by atoms with Crippen molar-refractivity contribution < 1.29 is 19.1 Å². The van der Waals surface area contributed by atoms with Crippen molar-refractivity contribution >= 4 is 12.0 Å². The van der Waals surface area contributed by atoms with Crippen molar-refractivity contribution in [1.82, 2.24) is 0 Å². The van der Waals surface area contributed by atoms with Gasteiger partial charge in [-0.05, 0) is 17.7 Å². The van der Waals surface area contributed by atoms with Crippen LogP contribution in [0.2, 0.25) is 0 Å². The normalized spacial score (nSPS) is 11.5. The Bertz CT molecular complexity index is 397. The molecule has 1 aromatic carbocycles. The van der Waals surface area contributed by atoms with Crippen molar-refractivity contribution in [3.63, 3.8) is 0 Å². The van der Waals surface area contributed by atoms with Crippen LogP contribution in [0.4, 0.5) is 4.39 Å². The van der Waals surface area contributed by atoms with Gasteiger partial charge < -0.3 is 5.11 Å². The van der Waals surface area contributed by atoms with E-state index in [9.17, 15) is 14.0 Å². The molecular formula is C9H6FNO3. The molecule has 0 aliphatic carbocycles. The van der Waals surface area contributed by atoms with E-state index in [-0.39, 0.29) is 5.56 Å². The summed E-state index contributed by atoms with van der Waals surface area (Å²) in [6, 6.07) is 3.53. The van der Waals surface area contributed by atoms with E-state index in [1.807, 2.05) is 0 Å². The molecule has 0 fully saturated rings. The zero-order valence-corrected chi connectivity index (χ0v) is 6.98. The van der Waals surface area contributed by atoms with Crippen LogP contribution in [0.1, 0.15) is 11.6 Å². The van der Waals surface area contributed by atoms with Crippen LogP contribution in [0.25, 0.3) is 0 Å². The molecule has 72 valence electrons. The van der Waals surface area contributed by atoms with E-state index in [1.54, 1.807) is 0 Å². The van der Waals surface area contributed by atoms with Crippen molar-refractivity contribution in [2.24, 2.45) is 4.99 Å². The summed E-state index contributed by atoms with van der Waals surface area (Å²) in [5.41, 5.74) is 0.112. The largest absolute Gasteiger partial charge is 0.479 e. The van der Waals surface area contributed by atoms with E-state index in [0.29, 0.717) is 0 Å². The first-order valence-corrected chi connectivity index (χ1v) is 3.70.